The van der Waals surface area contributed by atoms with Crippen LogP contribution in [0.25, 0.3) is 0 Å². The molecule has 0 aliphatic heterocycles. The van der Waals surface area contributed by atoms with Crippen LogP contribution in [-0.4, -0.2) is 26.6 Å². The molecule has 0 saturated heterocycles. The largest absolute Gasteiger partial charge is 0.481 e. The molecule has 2 aliphatic rings. The summed E-state index contributed by atoms with van der Waals surface area (Å²) in [6, 6.07) is 11.9. The first kappa shape index (κ1) is 24.7. The molecule has 0 amide bonds. The minimum absolute atomic E-state index is 0.0554. The standard InChI is InChI=1S/C29H34N2O4/c1-19-5-3-4-6-25(19)26(17-27(30-35)24-15-16-28(32)31(2)18-24)22-11-7-20(8-12-22)21-9-13-23(14-10-21)29(33)34/h3,5,7-8,11-12,15-16,18,21,23,26,35H,4,6,9-10,13-14,17H2,1-2H3,(H,33,34)/b30-27+/t21-,23+,26-/m0/s1. The number of benzene rings is 1. The number of allylic oxidation sites excluding steroid dienone is 4. The normalized spacial score (nSPS) is 21.7. The van der Waals surface area contributed by atoms with Crippen molar-refractivity contribution in [1.82, 2.24) is 4.57 Å². The number of pyridine rings is 1. The third-order valence-corrected chi connectivity index (χ3v) is 7.70. The second-order valence-electron chi connectivity index (χ2n) is 9.87. The van der Waals surface area contributed by atoms with Crippen molar-refractivity contribution in [2.75, 3.05) is 0 Å². The Hall–Kier alpha value is -3.41. The van der Waals surface area contributed by atoms with E-state index in [4.69, 9.17) is 0 Å². The molecular formula is C29H34N2O4. The lowest BCUT2D eigenvalue weighted by Gasteiger charge is -2.28. The molecule has 2 aromatic rings. The number of oxime groups is 1. The van der Waals surface area contributed by atoms with E-state index in [9.17, 15) is 19.9 Å². The number of aryl methyl sites for hydroxylation is 1. The van der Waals surface area contributed by atoms with Gasteiger partial charge in [-0.15, -0.1) is 0 Å². The first-order valence-electron chi connectivity index (χ1n) is 12.4. The summed E-state index contributed by atoms with van der Waals surface area (Å²) in [6.45, 7) is 2.13. The van der Waals surface area contributed by atoms with Gasteiger partial charge in [0.25, 0.3) is 0 Å². The predicted octanol–water partition coefficient (Wildman–Crippen LogP) is 5.76. The number of aliphatic carboxylic acids is 1. The van der Waals surface area contributed by atoms with E-state index in [1.165, 1.54) is 32.9 Å². The van der Waals surface area contributed by atoms with Gasteiger partial charge in [-0.05, 0) is 68.6 Å². The Kier molecular flexibility index (Phi) is 7.69. The molecule has 6 heteroatoms. The molecule has 2 N–H and O–H groups in total. The van der Waals surface area contributed by atoms with Crippen LogP contribution >= 0.6 is 0 Å². The summed E-state index contributed by atoms with van der Waals surface area (Å²) in [4.78, 5) is 23.1. The van der Waals surface area contributed by atoms with E-state index in [1.54, 1.807) is 19.3 Å². The summed E-state index contributed by atoms with van der Waals surface area (Å²) < 4.78 is 1.50. The van der Waals surface area contributed by atoms with Gasteiger partial charge in [0.05, 0.1) is 11.6 Å². The monoisotopic (exact) mass is 474 g/mol. The molecule has 1 aromatic carbocycles. The van der Waals surface area contributed by atoms with E-state index in [0.29, 0.717) is 18.1 Å². The third-order valence-electron chi connectivity index (χ3n) is 7.70. The average molecular weight is 475 g/mol. The van der Waals surface area contributed by atoms with Crippen LogP contribution in [0, 0.1) is 5.92 Å². The summed E-state index contributed by atoms with van der Waals surface area (Å²) in [7, 11) is 1.69. The molecule has 35 heavy (non-hydrogen) atoms. The lowest BCUT2D eigenvalue weighted by molar-refractivity contribution is -0.142. The van der Waals surface area contributed by atoms with Gasteiger partial charge in [0, 0.05) is 37.2 Å². The van der Waals surface area contributed by atoms with Crippen LogP contribution in [0.15, 0.2) is 75.8 Å². The topological polar surface area (TPSA) is 91.9 Å². The summed E-state index contributed by atoms with van der Waals surface area (Å²) >= 11 is 0. The second kappa shape index (κ2) is 10.9. The quantitative estimate of drug-likeness (QED) is 0.303. The molecule has 0 bridgehead atoms. The van der Waals surface area contributed by atoms with E-state index < -0.39 is 5.97 Å². The van der Waals surface area contributed by atoms with E-state index >= 15 is 0 Å². The van der Waals surface area contributed by atoms with Crippen molar-refractivity contribution in [3.8, 4) is 0 Å². The summed E-state index contributed by atoms with van der Waals surface area (Å²) in [5.41, 5.74) is 6.20. The zero-order chi connectivity index (χ0) is 24.9. The van der Waals surface area contributed by atoms with E-state index in [0.717, 1.165) is 44.1 Å². The molecule has 1 aromatic heterocycles. The zero-order valence-corrected chi connectivity index (χ0v) is 20.5. The van der Waals surface area contributed by atoms with Crippen molar-refractivity contribution in [3.63, 3.8) is 0 Å². The fourth-order valence-electron chi connectivity index (χ4n) is 5.54. The zero-order valence-electron chi connectivity index (χ0n) is 20.5. The molecule has 2 aliphatic carbocycles. The molecule has 1 fully saturated rings. The molecular weight excluding hydrogens is 440 g/mol. The number of aromatic nitrogens is 1. The molecule has 184 valence electrons. The lowest BCUT2D eigenvalue weighted by atomic mass is 9.77. The minimum Gasteiger partial charge on any atom is -0.481 e. The van der Waals surface area contributed by atoms with Crippen LogP contribution in [0.3, 0.4) is 0 Å². The molecule has 1 heterocycles. The number of rotatable bonds is 7. The minimum atomic E-state index is -0.674. The fourth-order valence-corrected chi connectivity index (χ4v) is 5.54. The molecule has 0 radical (unpaired) electrons. The van der Waals surface area contributed by atoms with Crippen LogP contribution in [0.5, 0.6) is 0 Å². The first-order chi connectivity index (χ1) is 16.9. The number of hydrogen-bond donors (Lipinski definition) is 2. The summed E-state index contributed by atoms with van der Waals surface area (Å²) in [5, 5.41) is 22.8. The van der Waals surface area contributed by atoms with Crippen molar-refractivity contribution in [2.45, 2.75) is 63.7 Å². The Morgan fingerprint density at radius 3 is 2.43 bits per heavy atom. The van der Waals surface area contributed by atoms with Gasteiger partial charge in [0.15, 0.2) is 0 Å². The maximum Gasteiger partial charge on any atom is 0.306 e. The smallest absolute Gasteiger partial charge is 0.306 e. The van der Waals surface area contributed by atoms with Gasteiger partial charge in [-0.3, -0.25) is 9.59 Å². The predicted molar refractivity (Wildman–Crippen MR) is 137 cm³/mol. The highest BCUT2D eigenvalue weighted by Crippen LogP contribution is 2.39. The SMILES string of the molecule is CC1=C([C@@H](C/C(=N\O)c2ccc(=O)n(C)c2)c2ccc([C@H]3CC[C@@H](C(=O)O)CC3)cc2)CCC=C1. The molecule has 0 unspecified atom stereocenters. The van der Waals surface area contributed by atoms with Gasteiger partial charge in [-0.25, -0.2) is 0 Å². The van der Waals surface area contributed by atoms with Gasteiger partial charge in [-0.2, -0.15) is 0 Å². The van der Waals surface area contributed by atoms with Crippen molar-refractivity contribution >= 4 is 11.7 Å². The third kappa shape index (κ3) is 5.64. The van der Waals surface area contributed by atoms with E-state index in [1.807, 2.05) is 0 Å². The Bertz CT molecular complexity index is 1210. The average Bonchev–Trinajstić information content (AvgIpc) is 2.87. The van der Waals surface area contributed by atoms with Crippen molar-refractivity contribution < 1.29 is 15.1 Å². The Morgan fingerprint density at radius 2 is 1.83 bits per heavy atom. The van der Waals surface area contributed by atoms with Gasteiger partial charge < -0.3 is 14.9 Å². The lowest BCUT2D eigenvalue weighted by Crippen LogP contribution is -2.20. The molecule has 1 saturated carbocycles. The molecule has 0 spiro atoms. The molecule has 1 atom stereocenters. The maximum absolute atomic E-state index is 11.8. The first-order valence-corrected chi connectivity index (χ1v) is 12.4. The van der Waals surface area contributed by atoms with Gasteiger partial charge >= 0.3 is 5.97 Å². The number of carboxylic acid groups (broad SMARTS) is 1. The number of carboxylic acids is 1. The summed E-state index contributed by atoms with van der Waals surface area (Å²) in [6.07, 6.45) is 11.8. The van der Waals surface area contributed by atoms with Crippen molar-refractivity contribution in [3.05, 3.63) is 92.9 Å². The van der Waals surface area contributed by atoms with E-state index in [2.05, 4.69) is 48.5 Å². The second-order valence-corrected chi connectivity index (χ2v) is 9.87. The van der Waals surface area contributed by atoms with Crippen LogP contribution in [0.1, 0.15) is 80.4 Å². The summed E-state index contributed by atoms with van der Waals surface area (Å²) in [5.74, 6) is -0.429. The fraction of sp³-hybridized carbons (Fsp3) is 0.414. The number of hydrogen-bond acceptors (Lipinski definition) is 4. The highest BCUT2D eigenvalue weighted by atomic mass is 16.4. The Morgan fingerprint density at radius 1 is 1.11 bits per heavy atom. The van der Waals surface area contributed by atoms with Gasteiger partial charge in [-0.1, -0.05) is 52.7 Å². The highest BCUT2D eigenvalue weighted by molar-refractivity contribution is 6.00. The van der Waals surface area contributed by atoms with Crippen LogP contribution < -0.4 is 5.56 Å². The van der Waals surface area contributed by atoms with E-state index in [-0.39, 0.29) is 17.4 Å². The van der Waals surface area contributed by atoms with Gasteiger partial charge in [0.2, 0.25) is 5.56 Å². The molecule has 6 nitrogen and oxygen atoms in total. The maximum atomic E-state index is 11.8. The van der Waals surface area contributed by atoms with Crippen molar-refractivity contribution in [2.24, 2.45) is 18.1 Å². The Balaban J connectivity index is 1.61. The van der Waals surface area contributed by atoms with Crippen LogP contribution in [0.2, 0.25) is 0 Å². The Labute approximate surface area is 206 Å². The highest BCUT2D eigenvalue weighted by Gasteiger charge is 2.27. The molecule has 4 rings (SSSR count). The van der Waals surface area contributed by atoms with Crippen LogP contribution in [-0.2, 0) is 11.8 Å². The number of carbonyl (C=O) groups is 1. The van der Waals surface area contributed by atoms with Gasteiger partial charge in [0.1, 0.15) is 0 Å². The van der Waals surface area contributed by atoms with Crippen molar-refractivity contribution in [1.29, 1.82) is 0 Å². The number of nitrogens with zero attached hydrogens (tertiary/aromatic N) is 2. The van der Waals surface area contributed by atoms with Crippen LogP contribution in [0.4, 0.5) is 0 Å².